The Morgan fingerprint density at radius 3 is 2.09 bits per heavy atom. The smallest absolute Gasteiger partial charge is 0.175 e. The maximum absolute atomic E-state index is 3.88. The highest BCUT2D eigenvalue weighted by atomic mass is 28.3. The molecule has 0 spiro atoms. The molecule has 0 amide bonds. The largest absolute Gasteiger partial charge is 0.407 e. The van der Waals surface area contributed by atoms with Crippen molar-refractivity contribution in [1.29, 1.82) is 0 Å². The minimum Gasteiger partial charge on any atom is -0.407 e. The molecule has 1 aromatic carbocycles. The number of anilines is 1. The van der Waals surface area contributed by atoms with E-state index in [-0.39, 0.29) is 0 Å². The van der Waals surface area contributed by atoms with Crippen LogP contribution in [-0.2, 0) is 0 Å². The van der Waals surface area contributed by atoms with Crippen molar-refractivity contribution in [3.8, 4) is 0 Å². The summed E-state index contributed by atoms with van der Waals surface area (Å²) in [6.07, 6.45) is 5.96. The number of nitrogens with one attached hydrogen (secondary N) is 1. The summed E-state index contributed by atoms with van der Waals surface area (Å²) in [5.41, 5.74) is 1.26. The van der Waals surface area contributed by atoms with Crippen LogP contribution in [0.3, 0.4) is 0 Å². The van der Waals surface area contributed by atoms with E-state index in [0.717, 1.165) is 6.42 Å². The zero-order valence-electron chi connectivity index (χ0n) is 15.2. The fourth-order valence-corrected chi connectivity index (χ4v) is 9.54. The number of rotatable bonds is 4. The molecular formula is C19H31NSi2. The Morgan fingerprint density at radius 2 is 1.55 bits per heavy atom. The van der Waals surface area contributed by atoms with Crippen molar-refractivity contribution in [2.24, 2.45) is 0 Å². The summed E-state index contributed by atoms with van der Waals surface area (Å²) in [6, 6.07) is 10.7. The molecule has 22 heavy (non-hydrogen) atoms. The van der Waals surface area contributed by atoms with E-state index in [2.05, 4.69) is 94.4 Å². The van der Waals surface area contributed by atoms with E-state index in [1.165, 1.54) is 5.69 Å². The second-order valence-electron chi connectivity index (χ2n) is 8.49. The Hall–Kier alpha value is -1.07. The van der Waals surface area contributed by atoms with Gasteiger partial charge in [-0.05, 0) is 36.7 Å². The Morgan fingerprint density at radius 1 is 0.955 bits per heavy atom. The molecule has 1 aliphatic carbocycles. The van der Waals surface area contributed by atoms with Gasteiger partial charge in [0.25, 0.3) is 0 Å². The number of hydrogen-bond donors (Lipinski definition) is 1. The van der Waals surface area contributed by atoms with E-state index in [0.29, 0.717) is 5.04 Å². The van der Waals surface area contributed by atoms with Gasteiger partial charge in [-0.15, -0.1) is 0 Å². The van der Waals surface area contributed by atoms with Gasteiger partial charge in [0.1, 0.15) is 0 Å². The van der Waals surface area contributed by atoms with Gasteiger partial charge in [-0.3, -0.25) is 0 Å². The molecule has 0 fully saturated rings. The molecule has 2 rings (SSSR count). The SMILES string of the molecule is CC(C)(C)[Si](C)(C)C1=C([Si](C)(C)Nc2ccccc2)CC=C1. The molecule has 0 aliphatic heterocycles. The standard InChI is InChI=1S/C19H31NSi2/c1-19(2,3)21(4,5)17-14-11-15-18(17)22(6,7)20-16-12-9-8-10-13-16/h8-14,20H,15H2,1-7H3. The van der Waals surface area contributed by atoms with E-state index in [1.54, 1.807) is 10.4 Å². The van der Waals surface area contributed by atoms with Crippen LogP contribution in [-0.4, -0.2) is 16.3 Å². The lowest BCUT2D eigenvalue weighted by atomic mass is 10.2. The third kappa shape index (κ3) is 3.30. The van der Waals surface area contributed by atoms with Crippen LogP contribution < -0.4 is 4.98 Å². The fraction of sp³-hybridized carbons (Fsp3) is 0.474. The van der Waals surface area contributed by atoms with Crippen LogP contribution in [0.4, 0.5) is 5.69 Å². The summed E-state index contributed by atoms with van der Waals surface area (Å²) >= 11 is 0. The second-order valence-corrected chi connectivity index (χ2v) is 17.9. The van der Waals surface area contributed by atoms with Crippen LogP contribution in [0.5, 0.6) is 0 Å². The lowest BCUT2D eigenvalue weighted by Gasteiger charge is -2.40. The highest BCUT2D eigenvalue weighted by molar-refractivity contribution is 6.93. The quantitative estimate of drug-likeness (QED) is 0.653. The zero-order valence-corrected chi connectivity index (χ0v) is 17.2. The van der Waals surface area contributed by atoms with Gasteiger partial charge in [0, 0.05) is 5.69 Å². The van der Waals surface area contributed by atoms with Gasteiger partial charge in [0.05, 0.1) is 8.07 Å². The number of benzene rings is 1. The van der Waals surface area contributed by atoms with Crippen LogP contribution in [0.1, 0.15) is 27.2 Å². The molecule has 0 radical (unpaired) electrons. The average Bonchev–Trinajstić information content (AvgIpc) is 2.88. The summed E-state index contributed by atoms with van der Waals surface area (Å²) in [6.45, 7) is 17.2. The van der Waals surface area contributed by atoms with Crippen molar-refractivity contribution < 1.29 is 0 Å². The Bertz CT molecular complexity index is 590. The molecule has 0 unspecified atom stereocenters. The summed E-state index contributed by atoms with van der Waals surface area (Å²) in [4.78, 5) is 3.88. The molecule has 0 saturated carbocycles. The molecule has 1 N–H and O–H groups in total. The van der Waals surface area contributed by atoms with Gasteiger partial charge in [-0.1, -0.05) is 74.6 Å². The monoisotopic (exact) mass is 329 g/mol. The van der Waals surface area contributed by atoms with Gasteiger partial charge in [-0.25, -0.2) is 0 Å². The number of para-hydroxylation sites is 1. The number of hydrogen-bond acceptors (Lipinski definition) is 1. The van der Waals surface area contributed by atoms with Crippen molar-refractivity contribution in [2.75, 3.05) is 4.98 Å². The van der Waals surface area contributed by atoms with E-state index in [1.807, 2.05) is 0 Å². The Labute approximate surface area is 138 Å². The molecule has 0 aromatic heterocycles. The fourth-order valence-electron chi connectivity index (χ4n) is 3.04. The minimum atomic E-state index is -1.66. The van der Waals surface area contributed by atoms with E-state index in [9.17, 15) is 0 Å². The van der Waals surface area contributed by atoms with Gasteiger partial charge in [0.2, 0.25) is 0 Å². The highest BCUT2D eigenvalue weighted by Gasteiger charge is 2.42. The number of allylic oxidation sites excluding steroid dienone is 4. The predicted molar refractivity (Wildman–Crippen MR) is 106 cm³/mol. The molecule has 0 heterocycles. The second kappa shape index (κ2) is 5.86. The van der Waals surface area contributed by atoms with Crippen LogP contribution >= 0.6 is 0 Å². The molecule has 120 valence electrons. The molecule has 0 bridgehead atoms. The molecule has 0 atom stereocenters. The maximum atomic E-state index is 3.88. The first kappa shape index (κ1) is 17.3. The predicted octanol–water partition coefficient (Wildman–Crippen LogP) is 6.15. The van der Waals surface area contributed by atoms with E-state index in [4.69, 9.17) is 0 Å². The van der Waals surface area contributed by atoms with Gasteiger partial charge in [0.15, 0.2) is 8.24 Å². The normalized spacial score (nSPS) is 16.3. The lowest BCUT2D eigenvalue weighted by molar-refractivity contribution is 0.726. The van der Waals surface area contributed by atoms with Crippen molar-refractivity contribution in [3.05, 3.63) is 52.9 Å². The van der Waals surface area contributed by atoms with Crippen LogP contribution in [0.2, 0.25) is 31.2 Å². The first-order chi connectivity index (χ1) is 10.1. The third-order valence-electron chi connectivity index (χ3n) is 5.47. The average molecular weight is 330 g/mol. The van der Waals surface area contributed by atoms with E-state index >= 15 is 0 Å². The molecular weight excluding hydrogens is 298 g/mol. The molecule has 0 saturated heterocycles. The molecule has 1 nitrogen and oxygen atoms in total. The highest BCUT2D eigenvalue weighted by Crippen LogP contribution is 2.45. The summed E-state index contributed by atoms with van der Waals surface area (Å²) in [7, 11) is -3.14. The van der Waals surface area contributed by atoms with Crippen LogP contribution in [0.25, 0.3) is 0 Å². The summed E-state index contributed by atoms with van der Waals surface area (Å²) < 4.78 is 0. The topological polar surface area (TPSA) is 12.0 Å². The van der Waals surface area contributed by atoms with Crippen LogP contribution in [0, 0.1) is 0 Å². The Kier molecular flexibility index (Phi) is 4.60. The summed E-state index contributed by atoms with van der Waals surface area (Å²) in [5, 5.41) is 3.79. The van der Waals surface area contributed by atoms with Gasteiger partial charge in [-0.2, -0.15) is 0 Å². The first-order valence-corrected chi connectivity index (χ1v) is 14.3. The molecule has 3 heteroatoms. The van der Waals surface area contributed by atoms with Crippen molar-refractivity contribution >= 4 is 22.0 Å². The minimum absolute atomic E-state index is 0.388. The Balaban J connectivity index is 2.39. The van der Waals surface area contributed by atoms with Gasteiger partial charge >= 0.3 is 0 Å². The van der Waals surface area contributed by atoms with E-state index < -0.39 is 16.3 Å². The first-order valence-electron chi connectivity index (χ1n) is 8.29. The molecule has 1 aliphatic rings. The molecule has 1 aromatic rings. The van der Waals surface area contributed by atoms with Crippen molar-refractivity contribution in [3.63, 3.8) is 0 Å². The zero-order chi connectivity index (χ0) is 16.6. The van der Waals surface area contributed by atoms with Crippen molar-refractivity contribution in [2.45, 2.75) is 58.4 Å². The van der Waals surface area contributed by atoms with Crippen molar-refractivity contribution in [1.82, 2.24) is 0 Å². The summed E-state index contributed by atoms with van der Waals surface area (Å²) in [5.74, 6) is 0. The van der Waals surface area contributed by atoms with Gasteiger partial charge < -0.3 is 4.98 Å². The maximum Gasteiger partial charge on any atom is 0.175 e. The lowest BCUT2D eigenvalue weighted by Crippen LogP contribution is -2.45. The third-order valence-corrected chi connectivity index (χ3v) is 14.2. The van der Waals surface area contributed by atoms with Crippen LogP contribution in [0.15, 0.2) is 52.9 Å².